The lowest BCUT2D eigenvalue weighted by molar-refractivity contribution is 0.299. The Morgan fingerprint density at radius 3 is 2.15 bits per heavy atom. The highest BCUT2D eigenvalue weighted by molar-refractivity contribution is 7.89. The molecule has 0 fully saturated rings. The molecule has 0 bridgehead atoms. The van der Waals surface area contributed by atoms with E-state index >= 15 is 0 Å². The van der Waals surface area contributed by atoms with Crippen molar-refractivity contribution in [2.75, 3.05) is 39.6 Å². The second-order valence-corrected chi connectivity index (χ2v) is 8.46. The summed E-state index contributed by atoms with van der Waals surface area (Å²) in [5, 5.41) is 0. The van der Waals surface area contributed by atoms with Gasteiger partial charge in [-0.25, -0.2) is 17.5 Å². The molecule has 0 spiro atoms. The van der Waals surface area contributed by atoms with Gasteiger partial charge in [0.2, 0.25) is 10.0 Å². The summed E-state index contributed by atoms with van der Waals surface area (Å²) in [5.41, 5.74) is 2.47. The van der Waals surface area contributed by atoms with Crippen LogP contribution in [-0.4, -0.2) is 48.1 Å². The second-order valence-electron chi connectivity index (χ2n) is 6.73. The van der Waals surface area contributed by atoms with Crippen LogP contribution < -0.4 is 9.62 Å². The first-order chi connectivity index (χ1) is 12.1. The maximum atomic E-state index is 13.2. The normalized spacial score (nSPS) is 13.0. The molecule has 1 N–H and O–H groups in total. The second kappa shape index (κ2) is 8.16. The van der Waals surface area contributed by atoms with Gasteiger partial charge in [0.05, 0.1) is 4.90 Å². The highest BCUT2D eigenvalue weighted by Crippen LogP contribution is 2.22. The van der Waals surface area contributed by atoms with Gasteiger partial charge in [-0.05, 0) is 62.5 Å². The van der Waals surface area contributed by atoms with E-state index in [1.165, 1.54) is 12.1 Å². The number of halogens is 1. The molecule has 0 radical (unpaired) electrons. The van der Waals surface area contributed by atoms with Gasteiger partial charge in [0.1, 0.15) is 5.82 Å². The lowest BCUT2D eigenvalue weighted by Crippen LogP contribution is -2.34. The number of benzene rings is 2. The first-order valence-corrected chi connectivity index (χ1v) is 9.79. The molecule has 0 aliphatic carbocycles. The fourth-order valence-electron chi connectivity index (χ4n) is 2.77. The van der Waals surface area contributed by atoms with Crippen molar-refractivity contribution in [1.29, 1.82) is 0 Å². The summed E-state index contributed by atoms with van der Waals surface area (Å²) in [7, 11) is 4.03. The van der Waals surface area contributed by atoms with Crippen molar-refractivity contribution in [2.45, 2.75) is 17.9 Å². The Hall–Kier alpha value is -1.96. The van der Waals surface area contributed by atoms with E-state index in [2.05, 4.69) is 4.72 Å². The molecule has 0 aromatic heterocycles. The van der Waals surface area contributed by atoms with Crippen molar-refractivity contribution in [3.05, 3.63) is 59.4 Å². The summed E-state index contributed by atoms with van der Waals surface area (Å²) in [6.45, 7) is 1.80. The largest absolute Gasteiger partial charge is 0.378 e. The molecule has 2 aromatic rings. The van der Waals surface area contributed by atoms with Gasteiger partial charge >= 0.3 is 0 Å². The lowest BCUT2D eigenvalue weighted by Gasteiger charge is -2.26. The standard InChI is InChI=1S/C19H26FN3O2S/c1-14-12-16(20)8-11-19(14)26(24,25)21-13-18(23(4)5)15-6-9-17(10-7-15)22(2)3/h6-12,18,21H,13H2,1-5H3. The molecular formula is C19H26FN3O2S. The van der Waals surface area contributed by atoms with Crippen molar-refractivity contribution < 1.29 is 12.8 Å². The molecule has 2 aromatic carbocycles. The van der Waals surface area contributed by atoms with Gasteiger partial charge in [0.25, 0.3) is 0 Å². The van der Waals surface area contributed by atoms with E-state index in [1.807, 2.05) is 62.3 Å². The monoisotopic (exact) mass is 379 g/mol. The van der Waals surface area contributed by atoms with Crippen LogP contribution in [0.4, 0.5) is 10.1 Å². The molecule has 7 heteroatoms. The predicted molar refractivity (Wildman–Crippen MR) is 104 cm³/mol. The Bertz CT molecular complexity index is 850. The number of sulfonamides is 1. The third-order valence-electron chi connectivity index (χ3n) is 4.31. The highest BCUT2D eigenvalue weighted by Gasteiger charge is 2.21. The summed E-state index contributed by atoms with van der Waals surface area (Å²) < 4.78 is 41.1. The quantitative estimate of drug-likeness (QED) is 0.804. The summed E-state index contributed by atoms with van der Waals surface area (Å²) >= 11 is 0. The van der Waals surface area contributed by atoms with E-state index in [1.54, 1.807) is 6.92 Å². The summed E-state index contributed by atoms with van der Waals surface area (Å²) in [5.74, 6) is -0.450. The molecule has 5 nitrogen and oxygen atoms in total. The van der Waals surface area contributed by atoms with Crippen LogP contribution in [0.5, 0.6) is 0 Å². The Morgan fingerprint density at radius 2 is 1.65 bits per heavy atom. The van der Waals surface area contributed by atoms with E-state index in [0.717, 1.165) is 17.3 Å². The van der Waals surface area contributed by atoms with E-state index in [9.17, 15) is 12.8 Å². The molecule has 142 valence electrons. The first-order valence-electron chi connectivity index (χ1n) is 8.31. The fraction of sp³-hybridized carbons (Fsp3) is 0.368. The SMILES string of the molecule is Cc1cc(F)ccc1S(=O)(=O)NCC(c1ccc(N(C)C)cc1)N(C)C. The smallest absolute Gasteiger partial charge is 0.240 e. The van der Waals surface area contributed by atoms with E-state index in [0.29, 0.717) is 5.56 Å². The molecular weight excluding hydrogens is 353 g/mol. The number of aryl methyl sites for hydroxylation is 1. The minimum atomic E-state index is -3.72. The molecule has 0 heterocycles. The predicted octanol–water partition coefficient (Wildman–Crippen LogP) is 2.78. The maximum absolute atomic E-state index is 13.2. The van der Waals surface area contributed by atoms with Gasteiger partial charge in [-0.1, -0.05) is 12.1 Å². The van der Waals surface area contributed by atoms with Gasteiger partial charge in [-0.3, -0.25) is 0 Å². The Morgan fingerprint density at radius 1 is 1.04 bits per heavy atom. The van der Waals surface area contributed by atoms with Crippen LogP contribution in [-0.2, 0) is 10.0 Å². The zero-order valence-electron chi connectivity index (χ0n) is 15.8. The van der Waals surface area contributed by atoms with Gasteiger partial charge < -0.3 is 9.80 Å². The maximum Gasteiger partial charge on any atom is 0.240 e. The topological polar surface area (TPSA) is 52.7 Å². The third kappa shape index (κ3) is 4.81. The highest BCUT2D eigenvalue weighted by atomic mass is 32.2. The van der Waals surface area contributed by atoms with Crippen molar-refractivity contribution in [3.63, 3.8) is 0 Å². The fourth-order valence-corrected chi connectivity index (χ4v) is 4.04. The summed E-state index contributed by atoms with van der Waals surface area (Å²) in [6, 6.07) is 11.6. The summed E-state index contributed by atoms with van der Waals surface area (Å²) in [4.78, 5) is 4.07. The average molecular weight is 380 g/mol. The van der Waals surface area contributed by atoms with Crippen LogP contribution in [0.3, 0.4) is 0 Å². The Labute approximate surface area is 155 Å². The van der Waals surface area contributed by atoms with Crippen LogP contribution in [0.1, 0.15) is 17.2 Å². The number of likely N-dealkylation sites (N-methyl/N-ethyl adjacent to an activating group) is 1. The van der Waals surface area contributed by atoms with Crippen molar-refractivity contribution in [3.8, 4) is 0 Å². The van der Waals surface area contributed by atoms with Crippen molar-refractivity contribution >= 4 is 15.7 Å². The minimum Gasteiger partial charge on any atom is -0.378 e. The van der Waals surface area contributed by atoms with Gasteiger partial charge in [-0.2, -0.15) is 0 Å². The number of nitrogens with zero attached hydrogens (tertiary/aromatic N) is 2. The minimum absolute atomic E-state index is 0.0966. The van der Waals surface area contributed by atoms with Crippen LogP contribution >= 0.6 is 0 Å². The molecule has 1 unspecified atom stereocenters. The van der Waals surface area contributed by atoms with E-state index in [4.69, 9.17) is 0 Å². The lowest BCUT2D eigenvalue weighted by atomic mass is 10.1. The first kappa shape index (κ1) is 20.4. The molecule has 0 aliphatic heterocycles. The van der Waals surface area contributed by atoms with Crippen molar-refractivity contribution in [1.82, 2.24) is 9.62 Å². The van der Waals surface area contributed by atoms with Gasteiger partial charge in [-0.15, -0.1) is 0 Å². The number of hydrogen-bond donors (Lipinski definition) is 1. The van der Waals surface area contributed by atoms with Crippen LogP contribution in [0.2, 0.25) is 0 Å². The third-order valence-corrected chi connectivity index (χ3v) is 5.89. The van der Waals surface area contributed by atoms with Gasteiger partial charge in [0, 0.05) is 32.4 Å². The number of anilines is 1. The molecule has 0 aliphatic rings. The molecule has 2 rings (SSSR count). The van der Waals surface area contributed by atoms with E-state index < -0.39 is 15.8 Å². The van der Waals surface area contributed by atoms with Crippen molar-refractivity contribution in [2.24, 2.45) is 0 Å². The zero-order chi connectivity index (χ0) is 19.5. The number of nitrogens with one attached hydrogen (secondary N) is 1. The van der Waals surface area contributed by atoms with Gasteiger partial charge in [0.15, 0.2) is 0 Å². The number of hydrogen-bond acceptors (Lipinski definition) is 4. The average Bonchev–Trinajstić information content (AvgIpc) is 2.54. The molecule has 0 saturated heterocycles. The van der Waals surface area contributed by atoms with E-state index in [-0.39, 0.29) is 17.5 Å². The summed E-state index contributed by atoms with van der Waals surface area (Å²) in [6.07, 6.45) is 0. The van der Waals surface area contributed by atoms with Crippen LogP contribution in [0.15, 0.2) is 47.4 Å². The molecule has 0 amide bonds. The van der Waals surface area contributed by atoms with Crippen LogP contribution in [0.25, 0.3) is 0 Å². The molecule has 26 heavy (non-hydrogen) atoms. The van der Waals surface area contributed by atoms with Crippen LogP contribution in [0, 0.1) is 12.7 Å². The molecule has 0 saturated carbocycles. The Balaban J connectivity index is 2.20. The zero-order valence-corrected chi connectivity index (χ0v) is 16.6. The molecule has 1 atom stereocenters. The number of rotatable bonds is 7. The Kier molecular flexibility index (Phi) is 6.39.